The molecular formula is C58H88O12S. The number of ether oxygens (including phenoxy) is 4. The molecule has 0 amide bonds. The molecule has 4 saturated carbocycles. The molecule has 6 heterocycles. The molecule has 8 aliphatic carbocycles. The van der Waals surface area contributed by atoms with Gasteiger partial charge in [-0.2, -0.15) is 8.42 Å². The number of hydrogen-bond acceptors (Lipinski definition) is 11. The molecule has 0 aromatic rings. The monoisotopic (exact) mass is 1010 g/mol. The van der Waals surface area contributed by atoms with Crippen molar-refractivity contribution in [3.8, 4) is 0 Å². The fourth-order valence-corrected chi connectivity index (χ4v) is 22.1. The molecule has 13 heteroatoms. The van der Waals surface area contributed by atoms with E-state index in [0.29, 0.717) is 49.0 Å². The summed E-state index contributed by atoms with van der Waals surface area (Å²) in [7, 11) is -4.81. The van der Waals surface area contributed by atoms with Gasteiger partial charge < -0.3 is 39.4 Å². The van der Waals surface area contributed by atoms with Crippen LogP contribution in [0.3, 0.4) is 0 Å². The second-order valence-corrected chi connectivity index (χ2v) is 29.8. The topological polar surface area (TPSA) is 181 Å². The summed E-state index contributed by atoms with van der Waals surface area (Å²) < 4.78 is 68.2. The number of rotatable bonds is 8. The van der Waals surface area contributed by atoms with Gasteiger partial charge in [-0.05, 0) is 176 Å². The molecule has 398 valence electrons. The first-order chi connectivity index (χ1) is 32.9. The molecular weight excluding hydrogens is 921 g/mol. The predicted molar refractivity (Wildman–Crippen MR) is 266 cm³/mol. The molecule has 0 aromatic heterocycles. The Hall–Kier alpha value is -1.23. The van der Waals surface area contributed by atoms with E-state index in [4.69, 9.17) is 23.1 Å². The van der Waals surface area contributed by atoms with Crippen molar-refractivity contribution >= 4 is 10.4 Å². The highest BCUT2D eigenvalue weighted by molar-refractivity contribution is 7.80. The molecule has 6 saturated heterocycles. The average molecular weight is 1010 g/mol. The smallest absolute Gasteiger partial charge is 0.387 e. The Bertz CT molecular complexity index is 2460. The minimum Gasteiger partial charge on any atom is -0.387 e. The van der Waals surface area contributed by atoms with Crippen molar-refractivity contribution in [1.82, 2.24) is 0 Å². The third kappa shape index (κ3) is 6.52. The maximum absolute atomic E-state index is 12.6. The summed E-state index contributed by atoms with van der Waals surface area (Å²) >= 11 is 0. The van der Waals surface area contributed by atoms with Crippen LogP contribution in [0.2, 0.25) is 0 Å². The van der Waals surface area contributed by atoms with Gasteiger partial charge in [-0.15, -0.1) is 0 Å². The van der Waals surface area contributed by atoms with Crippen LogP contribution in [0.1, 0.15) is 179 Å². The maximum Gasteiger partial charge on any atom is 0.397 e. The molecule has 0 aromatic carbocycles. The zero-order valence-corrected chi connectivity index (χ0v) is 45.6. The van der Waals surface area contributed by atoms with E-state index < -0.39 is 62.4 Å². The van der Waals surface area contributed by atoms with Crippen LogP contribution in [0, 0.1) is 79.8 Å². The summed E-state index contributed by atoms with van der Waals surface area (Å²) in [5.41, 5.74) is 3.65. The van der Waals surface area contributed by atoms with Crippen LogP contribution >= 0.6 is 0 Å². The van der Waals surface area contributed by atoms with E-state index in [0.717, 1.165) is 70.6 Å². The van der Waals surface area contributed by atoms with Gasteiger partial charge >= 0.3 is 10.4 Å². The first-order valence-electron chi connectivity index (χ1n) is 28.2. The minimum atomic E-state index is -4.81. The first-order valence-corrected chi connectivity index (χ1v) is 29.5. The molecule has 71 heavy (non-hydrogen) atoms. The van der Waals surface area contributed by atoms with Gasteiger partial charge in [-0.3, -0.25) is 4.55 Å². The summed E-state index contributed by atoms with van der Waals surface area (Å²) in [6.07, 6.45) is 14.0. The molecule has 20 atom stereocenters. The van der Waals surface area contributed by atoms with Gasteiger partial charge in [0.2, 0.25) is 5.79 Å². The van der Waals surface area contributed by atoms with E-state index in [9.17, 15) is 33.4 Å². The van der Waals surface area contributed by atoms with Crippen molar-refractivity contribution in [1.29, 1.82) is 0 Å². The first kappa shape index (κ1) is 50.6. The Morgan fingerprint density at radius 1 is 0.789 bits per heavy atom. The van der Waals surface area contributed by atoms with E-state index >= 15 is 0 Å². The largest absolute Gasteiger partial charge is 0.397 e. The number of fused-ring (bicyclic) bond motifs is 10. The van der Waals surface area contributed by atoms with Crippen LogP contribution in [0.15, 0.2) is 33.9 Å². The van der Waals surface area contributed by atoms with Crippen LogP contribution in [-0.4, -0.2) is 99.9 Å². The summed E-state index contributed by atoms with van der Waals surface area (Å²) in [5, 5.41) is 46.2. The molecule has 14 aliphatic rings. The Balaban J connectivity index is 0.782. The predicted octanol–water partition coefficient (Wildman–Crippen LogP) is 9.55. The Morgan fingerprint density at radius 2 is 1.42 bits per heavy atom. The van der Waals surface area contributed by atoms with Gasteiger partial charge in [0.1, 0.15) is 12.2 Å². The molecule has 6 aliphatic heterocycles. The average Bonchev–Trinajstić information content (AvgIpc) is 3.85. The van der Waals surface area contributed by atoms with E-state index in [1.807, 2.05) is 13.8 Å². The highest BCUT2D eigenvalue weighted by atomic mass is 32.3. The standard InChI is InChI=1S/C58H88O12S/c1-31(36-14-16-38-34-13-18-44-49(3,4)57(61)45(59)27-55(44,29-66-57)40(34)20-22-52(36,38)9)12-19-47-54(11)26-33(51(7,8)70-54)24-42(68-47)32(2)37-15-17-39-35-25-43(69-71(63,64)65)48-50(5,6)58(62)46(60)28-56(48,30-67-58)41(35)21-23-53(37,39)10/h18,31-33,36-39,42-43,45-48,59-62H,12-17,19-30H2,1-11H3,(H,63,64,65)/t31-,32+,33-,36-,37-,38?,39?,42?,43+,45+,46+,47+,48?,52-,53-,54-,55+,56+,57?,58?/m1/s1. The lowest BCUT2D eigenvalue weighted by Crippen LogP contribution is -2.76. The molecule has 14 rings (SSSR count). The van der Waals surface area contributed by atoms with Crippen molar-refractivity contribution < 1.29 is 56.5 Å². The van der Waals surface area contributed by atoms with Gasteiger partial charge in [-0.1, -0.05) is 89.3 Å². The number of aliphatic hydroxyl groups is 4. The second kappa shape index (κ2) is 15.5. The van der Waals surface area contributed by atoms with E-state index in [-0.39, 0.29) is 64.5 Å². The SMILES string of the molecule is C[C@H](CC[C@@H]1OC([C@@H](C)[C@H]2CCC3C4=C(CC[C@@]32C)[C@@]23COC(O)([C@@H](O)C2)C(C)(C)C3[C@@H](OS(=O)(=O)O)C4)C[C@@H]2C[C@@]1(C)OC2(C)C)[C@H]1CCC2C3=C(CC[C@@]21C)[C@@]12COC(O)([C@@H](O)C1)C(C)(C)C2=CC3. The van der Waals surface area contributed by atoms with E-state index in [2.05, 4.69) is 68.4 Å². The van der Waals surface area contributed by atoms with Gasteiger partial charge in [0.25, 0.3) is 0 Å². The fraction of sp³-hybridized carbons (Fsp3) is 0.897. The molecule has 5 N–H and O–H groups in total. The Morgan fingerprint density at radius 3 is 2.10 bits per heavy atom. The molecule has 0 radical (unpaired) electrons. The van der Waals surface area contributed by atoms with E-state index in [1.54, 1.807) is 5.57 Å². The Labute approximate surface area is 424 Å². The summed E-state index contributed by atoms with van der Waals surface area (Å²) in [4.78, 5) is 0. The quantitative estimate of drug-likeness (QED) is 0.115. The second-order valence-electron chi connectivity index (χ2n) is 28.8. The minimum absolute atomic E-state index is 0.0358. The van der Waals surface area contributed by atoms with Crippen LogP contribution in [-0.2, 0) is 33.5 Å². The molecule has 2 spiro atoms. The number of hydrogen-bond donors (Lipinski definition) is 5. The third-order valence-corrected chi connectivity index (χ3v) is 25.4. The molecule has 6 unspecified atom stereocenters. The van der Waals surface area contributed by atoms with Crippen LogP contribution < -0.4 is 0 Å². The molecule has 10 fully saturated rings. The summed E-state index contributed by atoms with van der Waals surface area (Å²) in [6, 6.07) is 0. The Kier molecular flexibility index (Phi) is 11.0. The van der Waals surface area contributed by atoms with Gasteiger partial charge in [0.15, 0.2) is 5.79 Å². The van der Waals surface area contributed by atoms with Crippen LogP contribution in [0.4, 0.5) is 0 Å². The van der Waals surface area contributed by atoms with Crippen molar-refractivity contribution in [3.05, 3.63) is 33.9 Å². The lowest BCUT2D eigenvalue weighted by atomic mass is 9.42. The highest BCUT2D eigenvalue weighted by Gasteiger charge is 2.75. The highest BCUT2D eigenvalue weighted by Crippen LogP contribution is 2.74. The normalized spacial score (nSPS) is 52.7. The lowest BCUT2D eigenvalue weighted by molar-refractivity contribution is -0.408. The van der Waals surface area contributed by atoms with Crippen molar-refractivity contribution in [2.45, 2.75) is 232 Å². The summed E-state index contributed by atoms with van der Waals surface area (Å²) in [5.74, 6) is -1.04. The van der Waals surface area contributed by atoms with E-state index in [1.165, 1.54) is 35.1 Å². The molecule has 6 bridgehead atoms. The van der Waals surface area contributed by atoms with Crippen molar-refractivity contribution in [2.24, 2.45) is 79.8 Å². The fourth-order valence-electron chi connectivity index (χ4n) is 21.6. The lowest BCUT2D eigenvalue weighted by Gasteiger charge is -2.69. The molecule has 12 nitrogen and oxygen atoms in total. The van der Waals surface area contributed by atoms with Gasteiger partial charge in [0, 0.05) is 27.6 Å². The van der Waals surface area contributed by atoms with Gasteiger partial charge in [0.05, 0.1) is 42.7 Å². The zero-order chi connectivity index (χ0) is 50.9. The van der Waals surface area contributed by atoms with Gasteiger partial charge in [-0.25, -0.2) is 4.18 Å². The van der Waals surface area contributed by atoms with Crippen LogP contribution in [0.5, 0.6) is 0 Å². The maximum atomic E-state index is 12.6. The summed E-state index contributed by atoms with van der Waals surface area (Å²) in [6.45, 7) is 25.4. The van der Waals surface area contributed by atoms with Crippen molar-refractivity contribution in [2.75, 3.05) is 13.2 Å². The zero-order valence-electron chi connectivity index (χ0n) is 44.8. The number of aliphatic hydroxyl groups excluding tert-OH is 2. The van der Waals surface area contributed by atoms with Crippen molar-refractivity contribution in [3.63, 3.8) is 0 Å². The number of allylic oxidation sites excluding steroid dienone is 2. The third-order valence-electron chi connectivity index (χ3n) is 24.9. The van der Waals surface area contributed by atoms with Crippen LogP contribution in [0.25, 0.3) is 0 Å².